The van der Waals surface area contributed by atoms with Crippen molar-refractivity contribution in [2.24, 2.45) is 0 Å². The molecule has 1 amide bonds. The second kappa shape index (κ2) is 6.43. The minimum atomic E-state index is -0.365. The molecular formula is C18H17N5O2. The van der Waals surface area contributed by atoms with Gasteiger partial charge in [-0.3, -0.25) is 19.1 Å². The third-order valence-electron chi connectivity index (χ3n) is 4.37. The van der Waals surface area contributed by atoms with Crippen LogP contribution < -0.4 is 10.9 Å². The second-order valence-corrected chi connectivity index (χ2v) is 6.07. The molecule has 7 heteroatoms. The van der Waals surface area contributed by atoms with Crippen molar-refractivity contribution in [2.45, 2.75) is 32.2 Å². The third kappa shape index (κ3) is 3.00. The average Bonchev–Trinajstić information content (AvgIpc) is 2.89. The third-order valence-corrected chi connectivity index (χ3v) is 4.37. The standard InChI is InChI=1S/C18H17N5O2/c24-17(15-11-19-7-8-20-15)21-12-5-6-14-13(10-12)18(25)23-9-3-1-2-4-16(23)22-14/h5-8,10-11H,1-4,9H2,(H,21,24). The van der Waals surface area contributed by atoms with E-state index in [0.717, 1.165) is 31.5 Å². The van der Waals surface area contributed by atoms with Gasteiger partial charge in [-0.25, -0.2) is 9.97 Å². The van der Waals surface area contributed by atoms with Crippen LogP contribution in [0, 0.1) is 0 Å². The molecule has 0 aliphatic carbocycles. The van der Waals surface area contributed by atoms with E-state index < -0.39 is 0 Å². The SMILES string of the molecule is O=C(Nc1ccc2nc3n(c(=O)c2c1)CCCCC3)c1cnccn1. The summed E-state index contributed by atoms with van der Waals surface area (Å²) in [7, 11) is 0. The fraction of sp³-hybridized carbons (Fsp3) is 0.278. The zero-order valence-electron chi connectivity index (χ0n) is 13.6. The van der Waals surface area contributed by atoms with Gasteiger partial charge in [0.1, 0.15) is 11.5 Å². The first-order chi connectivity index (χ1) is 12.2. The van der Waals surface area contributed by atoms with Crippen molar-refractivity contribution in [1.82, 2.24) is 19.5 Å². The van der Waals surface area contributed by atoms with E-state index in [0.29, 0.717) is 23.1 Å². The van der Waals surface area contributed by atoms with Crippen molar-refractivity contribution >= 4 is 22.5 Å². The molecule has 3 heterocycles. The number of fused-ring (bicyclic) bond motifs is 2. The zero-order valence-corrected chi connectivity index (χ0v) is 13.6. The molecule has 3 aromatic rings. The van der Waals surface area contributed by atoms with E-state index in [1.807, 2.05) is 0 Å². The lowest BCUT2D eigenvalue weighted by molar-refractivity contribution is 0.102. The first kappa shape index (κ1) is 15.4. The van der Waals surface area contributed by atoms with Crippen molar-refractivity contribution in [3.05, 3.63) is 58.7 Å². The Kier molecular flexibility index (Phi) is 3.97. The summed E-state index contributed by atoms with van der Waals surface area (Å²) in [6.07, 6.45) is 8.35. The van der Waals surface area contributed by atoms with Gasteiger partial charge in [0.2, 0.25) is 0 Å². The van der Waals surface area contributed by atoms with Crippen molar-refractivity contribution in [3.8, 4) is 0 Å². The minimum absolute atomic E-state index is 0.0440. The highest BCUT2D eigenvalue weighted by atomic mass is 16.2. The molecule has 0 saturated carbocycles. The van der Waals surface area contributed by atoms with E-state index in [1.54, 1.807) is 22.8 Å². The number of amides is 1. The molecule has 126 valence electrons. The van der Waals surface area contributed by atoms with Gasteiger partial charge in [-0.05, 0) is 31.0 Å². The molecular weight excluding hydrogens is 318 g/mol. The molecule has 25 heavy (non-hydrogen) atoms. The molecule has 0 spiro atoms. The lowest BCUT2D eigenvalue weighted by atomic mass is 10.2. The molecule has 0 atom stereocenters. The maximum atomic E-state index is 12.8. The van der Waals surface area contributed by atoms with Crippen molar-refractivity contribution in [3.63, 3.8) is 0 Å². The van der Waals surface area contributed by atoms with Crippen molar-refractivity contribution < 1.29 is 4.79 Å². The highest BCUT2D eigenvalue weighted by Crippen LogP contribution is 2.18. The van der Waals surface area contributed by atoms with Crippen LogP contribution in [0.3, 0.4) is 0 Å². The van der Waals surface area contributed by atoms with E-state index in [4.69, 9.17) is 0 Å². The topological polar surface area (TPSA) is 89.8 Å². The van der Waals surface area contributed by atoms with E-state index in [1.165, 1.54) is 18.6 Å². The van der Waals surface area contributed by atoms with Gasteiger partial charge in [-0.15, -0.1) is 0 Å². The Hall–Kier alpha value is -3.09. The summed E-state index contributed by atoms with van der Waals surface area (Å²) in [5.74, 6) is 0.488. The van der Waals surface area contributed by atoms with Gasteiger partial charge in [0.15, 0.2) is 0 Å². The van der Waals surface area contributed by atoms with Crippen molar-refractivity contribution in [1.29, 1.82) is 0 Å². The van der Waals surface area contributed by atoms with Crippen LogP contribution in [0.25, 0.3) is 10.9 Å². The molecule has 0 unspecified atom stereocenters. The quantitative estimate of drug-likeness (QED) is 0.775. The van der Waals surface area contributed by atoms with Gasteiger partial charge in [-0.2, -0.15) is 0 Å². The molecule has 0 bridgehead atoms. The number of carbonyl (C=O) groups excluding carboxylic acids is 1. The Bertz CT molecular complexity index is 998. The van der Waals surface area contributed by atoms with E-state index in [-0.39, 0.29) is 17.2 Å². The molecule has 0 radical (unpaired) electrons. The number of nitrogens with zero attached hydrogens (tertiary/aromatic N) is 4. The molecule has 4 rings (SSSR count). The fourth-order valence-electron chi connectivity index (χ4n) is 3.11. The average molecular weight is 335 g/mol. The van der Waals surface area contributed by atoms with Gasteiger partial charge in [0, 0.05) is 31.0 Å². The molecule has 1 aromatic carbocycles. The largest absolute Gasteiger partial charge is 0.321 e. The normalized spacial score (nSPS) is 13.9. The van der Waals surface area contributed by atoms with Gasteiger partial charge in [-0.1, -0.05) is 6.42 Å². The Morgan fingerprint density at radius 3 is 2.92 bits per heavy atom. The van der Waals surface area contributed by atoms with E-state index >= 15 is 0 Å². The van der Waals surface area contributed by atoms with Gasteiger partial charge >= 0.3 is 0 Å². The van der Waals surface area contributed by atoms with Gasteiger partial charge in [0.25, 0.3) is 11.5 Å². The highest BCUT2D eigenvalue weighted by molar-refractivity contribution is 6.03. The first-order valence-corrected chi connectivity index (χ1v) is 8.33. The Balaban J connectivity index is 1.71. The predicted octanol–water partition coefficient (Wildman–Crippen LogP) is 2.17. The van der Waals surface area contributed by atoms with Crippen LogP contribution in [0.4, 0.5) is 5.69 Å². The monoisotopic (exact) mass is 335 g/mol. The Morgan fingerprint density at radius 1 is 1.16 bits per heavy atom. The van der Waals surface area contributed by atoms with Crippen LogP contribution >= 0.6 is 0 Å². The predicted molar refractivity (Wildman–Crippen MR) is 93.5 cm³/mol. The number of nitrogens with one attached hydrogen (secondary N) is 1. The fourth-order valence-corrected chi connectivity index (χ4v) is 3.11. The Labute approximate surface area is 143 Å². The van der Waals surface area contributed by atoms with Gasteiger partial charge in [0.05, 0.1) is 17.1 Å². The number of anilines is 1. The van der Waals surface area contributed by atoms with Crippen LogP contribution in [0.15, 0.2) is 41.6 Å². The van der Waals surface area contributed by atoms with Crippen LogP contribution in [-0.4, -0.2) is 25.4 Å². The number of aromatic nitrogens is 4. The summed E-state index contributed by atoms with van der Waals surface area (Å²) in [5, 5.41) is 3.27. The maximum absolute atomic E-state index is 12.8. The lowest BCUT2D eigenvalue weighted by Crippen LogP contribution is -2.24. The van der Waals surface area contributed by atoms with Crippen LogP contribution in [0.1, 0.15) is 35.6 Å². The van der Waals surface area contributed by atoms with Crippen LogP contribution in [-0.2, 0) is 13.0 Å². The molecule has 2 aromatic heterocycles. The van der Waals surface area contributed by atoms with Crippen LogP contribution in [0.2, 0.25) is 0 Å². The molecule has 1 N–H and O–H groups in total. The summed E-state index contributed by atoms with van der Waals surface area (Å²) in [5.41, 5.74) is 1.38. The Morgan fingerprint density at radius 2 is 2.08 bits per heavy atom. The lowest BCUT2D eigenvalue weighted by Gasteiger charge is -2.11. The zero-order chi connectivity index (χ0) is 17.2. The molecule has 1 aliphatic heterocycles. The molecule has 0 saturated heterocycles. The van der Waals surface area contributed by atoms with Crippen molar-refractivity contribution in [2.75, 3.05) is 5.32 Å². The van der Waals surface area contributed by atoms with E-state index in [2.05, 4.69) is 20.3 Å². The molecule has 0 fully saturated rings. The number of rotatable bonds is 2. The summed E-state index contributed by atoms with van der Waals surface area (Å²) in [6.45, 7) is 0.702. The number of aryl methyl sites for hydroxylation is 1. The highest BCUT2D eigenvalue weighted by Gasteiger charge is 2.15. The summed E-state index contributed by atoms with van der Waals surface area (Å²) in [4.78, 5) is 37.5. The number of hydrogen-bond acceptors (Lipinski definition) is 5. The summed E-state index contributed by atoms with van der Waals surface area (Å²) in [6, 6.07) is 5.20. The second-order valence-electron chi connectivity index (χ2n) is 6.07. The maximum Gasteiger partial charge on any atom is 0.275 e. The number of carbonyl (C=O) groups is 1. The van der Waals surface area contributed by atoms with Crippen LogP contribution in [0.5, 0.6) is 0 Å². The molecule has 1 aliphatic rings. The smallest absolute Gasteiger partial charge is 0.275 e. The number of benzene rings is 1. The summed E-state index contributed by atoms with van der Waals surface area (Å²) < 4.78 is 1.77. The van der Waals surface area contributed by atoms with E-state index in [9.17, 15) is 9.59 Å². The minimum Gasteiger partial charge on any atom is -0.321 e. The molecule has 7 nitrogen and oxygen atoms in total. The summed E-state index contributed by atoms with van der Waals surface area (Å²) >= 11 is 0. The number of hydrogen-bond donors (Lipinski definition) is 1. The first-order valence-electron chi connectivity index (χ1n) is 8.33. The van der Waals surface area contributed by atoms with Gasteiger partial charge < -0.3 is 5.32 Å².